The Bertz CT molecular complexity index is 740. The first-order valence-electron chi connectivity index (χ1n) is 6.94. The van der Waals surface area contributed by atoms with Gasteiger partial charge in [-0.3, -0.25) is 0 Å². The molecule has 0 aliphatic carbocycles. The molecular formula is C18H19NO. The lowest BCUT2D eigenvalue weighted by Crippen LogP contribution is -1.85. The molecule has 2 heteroatoms. The van der Waals surface area contributed by atoms with Crippen LogP contribution in [0.1, 0.15) is 25.3 Å². The molecule has 102 valence electrons. The molecule has 2 aromatic carbocycles. The zero-order valence-electron chi connectivity index (χ0n) is 12.1. The Morgan fingerprint density at radius 1 is 1.00 bits per heavy atom. The fourth-order valence-electron chi connectivity index (χ4n) is 2.46. The van der Waals surface area contributed by atoms with Crippen LogP contribution in [0.25, 0.3) is 22.2 Å². The second kappa shape index (κ2) is 5.04. The van der Waals surface area contributed by atoms with Crippen LogP contribution in [0, 0.1) is 0 Å². The molecule has 0 radical (unpaired) electrons. The summed E-state index contributed by atoms with van der Waals surface area (Å²) < 4.78 is 5.29. The van der Waals surface area contributed by atoms with Crippen molar-refractivity contribution in [2.24, 2.45) is 0 Å². The number of nitrogens with one attached hydrogen (secondary N) is 1. The molecule has 0 saturated carbocycles. The van der Waals surface area contributed by atoms with Gasteiger partial charge in [-0.15, -0.1) is 0 Å². The summed E-state index contributed by atoms with van der Waals surface area (Å²) in [5, 5.41) is 1.26. The van der Waals surface area contributed by atoms with Gasteiger partial charge in [0.05, 0.1) is 7.11 Å². The first kappa shape index (κ1) is 12.8. The van der Waals surface area contributed by atoms with Gasteiger partial charge >= 0.3 is 0 Å². The molecule has 20 heavy (non-hydrogen) atoms. The first-order chi connectivity index (χ1) is 9.67. The summed E-state index contributed by atoms with van der Waals surface area (Å²) in [6, 6.07) is 16.9. The normalized spacial score (nSPS) is 11.2. The number of ether oxygens (including phenoxy) is 1. The maximum Gasteiger partial charge on any atom is 0.119 e. The van der Waals surface area contributed by atoms with Gasteiger partial charge in [0.15, 0.2) is 0 Å². The molecule has 1 heterocycles. The highest BCUT2D eigenvalue weighted by molar-refractivity contribution is 5.86. The molecule has 0 unspecified atom stereocenters. The largest absolute Gasteiger partial charge is 0.497 e. The summed E-state index contributed by atoms with van der Waals surface area (Å²) >= 11 is 0. The van der Waals surface area contributed by atoms with Crippen molar-refractivity contribution in [3.8, 4) is 17.0 Å². The maximum atomic E-state index is 5.29. The van der Waals surface area contributed by atoms with Gasteiger partial charge in [0.1, 0.15) is 5.75 Å². The monoisotopic (exact) mass is 265 g/mol. The van der Waals surface area contributed by atoms with Gasteiger partial charge in [-0.25, -0.2) is 0 Å². The molecule has 0 spiro atoms. The molecule has 0 saturated heterocycles. The van der Waals surface area contributed by atoms with E-state index in [1.54, 1.807) is 7.11 Å². The molecule has 3 rings (SSSR count). The number of benzene rings is 2. The summed E-state index contributed by atoms with van der Waals surface area (Å²) in [5.74, 6) is 1.43. The van der Waals surface area contributed by atoms with E-state index in [0.29, 0.717) is 5.92 Å². The first-order valence-corrected chi connectivity index (χ1v) is 6.94. The third kappa shape index (κ3) is 2.29. The predicted molar refractivity (Wildman–Crippen MR) is 84.4 cm³/mol. The number of hydrogen-bond acceptors (Lipinski definition) is 1. The number of fused-ring (bicyclic) bond motifs is 1. The Kier molecular flexibility index (Phi) is 3.23. The van der Waals surface area contributed by atoms with Gasteiger partial charge in [0.2, 0.25) is 0 Å². The quantitative estimate of drug-likeness (QED) is 0.710. The Labute approximate surface area is 119 Å². The van der Waals surface area contributed by atoms with E-state index in [4.69, 9.17) is 4.74 Å². The average molecular weight is 265 g/mol. The summed E-state index contributed by atoms with van der Waals surface area (Å²) in [6.07, 6.45) is 0. The van der Waals surface area contributed by atoms with E-state index in [0.717, 1.165) is 17.0 Å². The van der Waals surface area contributed by atoms with Crippen molar-refractivity contribution < 1.29 is 4.74 Å². The fraction of sp³-hybridized carbons (Fsp3) is 0.222. The van der Waals surface area contributed by atoms with Crippen molar-refractivity contribution in [2.75, 3.05) is 7.11 Å². The Hall–Kier alpha value is -2.22. The van der Waals surface area contributed by atoms with E-state index in [1.165, 1.54) is 16.5 Å². The van der Waals surface area contributed by atoms with Crippen molar-refractivity contribution in [1.82, 2.24) is 4.98 Å². The van der Waals surface area contributed by atoms with Crippen LogP contribution in [-0.2, 0) is 0 Å². The molecule has 1 aromatic heterocycles. The van der Waals surface area contributed by atoms with Gasteiger partial charge in [-0.2, -0.15) is 0 Å². The summed E-state index contributed by atoms with van der Waals surface area (Å²) in [5.41, 5.74) is 4.81. The lowest BCUT2D eigenvalue weighted by atomic mass is 10.0. The SMILES string of the molecule is COc1cccc(-c2cc3cc(C(C)C)ccc3[nH]2)c1. The minimum atomic E-state index is 0.551. The van der Waals surface area contributed by atoms with Gasteiger partial charge in [-0.1, -0.05) is 32.0 Å². The number of aromatic nitrogens is 1. The van der Waals surface area contributed by atoms with Crippen molar-refractivity contribution in [2.45, 2.75) is 19.8 Å². The highest BCUT2D eigenvalue weighted by Crippen LogP contribution is 2.28. The van der Waals surface area contributed by atoms with Crippen molar-refractivity contribution in [3.05, 3.63) is 54.1 Å². The molecule has 2 nitrogen and oxygen atoms in total. The molecule has 0 fully saturated rings. The zero-order chi connectivity index (χ0) is 14.1. The maximum absolute atomic E-state index is 5.29. The highest BCUT2D eigenvalue weighted by Gasteiger charge is 2.06. The minimum absolute atomic E-state index is 0.551. The summed E-state index contributed by atoms with van der Waals surface area (Å²) in [4.78, 5) is 3.47. The van der Waals surface area contributed by atoms with E-state index in [2.05, 4.69) is 49.2 Å². The number of aromatic amines is 1. The summed E-state index contributed by atoms with van der Waals surface area (Å²) in [6.45, 7) is 4.44. The van der Waals surface area contributed by atoms with E-state index < -0.39 is 0 Å². The van der Waals surface area contributed by atoms with Crippen molar-refractivity contribution in [3.63, 3.8) is 0 Å². The third-order valence-electron chi connectivity index (χ3n) is 3.69. The van der Waals surface area contributed by atoms with Crippen molar-refractivity contribution >= 4 is 10.9 Å². The topological polar surface area (TPSA) is 25.0 Å². The number of methoxy groups -OCH3 is 1. The molecule has 1 N–H and O–H groups in total. The molecule has 0 amide bonds. The molecular weight excluding hydrogens is 246 g/mol. The van der Waals surface area contributed by atoms with E-state index >= 15 is 0 Å². The van der Waals surface area contributed by atoms with E-state index in [-0.39, 0.29) is 0 Å². The van der Waals surface area contributed by atoms with Gasteiger partial charge < -0.3 is 9.72 Å². The van der Waals surface area contributed by atoms with Crippen molar-refractivity contribution in [1.29, 1.82) is 0 Å². The fourth-order valence-corrected chi connectivity index (χ4v) is 2.46. The lowest BCUT2D eigenvalue weighted by molar-refractivity contribution is 0.415. The molecule has 3 aromatic rings. The molecule has 0 atom stereocenters. The van der Waals surface area contributed by atoms with Gasteiger partial charge in [0, 0.05) is 22.2 Å². The smallest absolute Gasteiger partial charge is 0.119 e. The third-order valence-corrected chi connectivity index (χ3v) is 3.69. The molecule has 0 aliphatic rings. The van der Waals surface area contributed by atoms with E-state index in [9.17, 15) is 0 Å². The standard InChI is InChI=1S/C18H19NO/c1-12(2)13-7-8-17-15(9-13)11-18(19-17)14-5-4-6-16(10-14)20-3/h4-12,19H,1-3H3. The predicted octanol–water partition coefficient (Wildman–Crippen LogP) is 4.97. The van der Waals surface area contributed by atoms with Crippen LogP contribution in [0.2, 0.25) is 0 Å². The molecule has 0 bridgehead atoms. The van der Waals surface area contributed by atoms with Crippen LogP contribution in [0.3, 0.4) is 0 Å². The molecule has 0 aliphatic heterocycles. The Morgan fingerprint density at radius 2 is 1.85 bits per heavy atom. The second-order valence-electron chi connectivity index (χ2n) is 5.42. The van der Waals surface area contributed by atoms with Gasteiger partial charge in [0.25, 0.3) is 0 Å². The van der Waals surface area contributed by atoms with Crippen LogP contribution < -0.4 is 4.74 Å². The van der Waals surface area contributed by atoms with E-state index in [1.807, 2.05) is 18.2 Å². The van der Waals surface area contributed by atoms with Crippen LogP contribution in [-0.4, -0.2) is 12.1 Å². The number of rotatable bonds is 3. The number of H-pyrrole nitrogens is 1. The van der Waals surface area contributed by atoms with Crippen LogP contribution >= 0.6 is 0 Å². The second-order valence-corrected chi connectivity index (χ2v) is 5.42. The lowest BCUT2D eigenvalue weighted by Gasteiger charge is -2.03. The Morgan fingerprint density at radius 3 is 2.60 bits per heavy atom. The van der Waals surface area contributed by atoms with Crippen LogP contribution in [0.15, 0.2) is 48.5 Å². The number of hydrogen-bond donors (Lipinski definition) is 1. The Balaban J connectivity index is 2.08. The zero-order valence-corrected chi connectivity index (χ0v) is 12.1. The van der Waals surface area contributed by atoms with Gasteiger partial charge in [-0.05, 0) is 41.8 Å². The van der Waals surface area contributed by atoms with Crippen LogP contribution in [0.5, 0.6) is 5.75 Å². The minimum Gasteiger partial charge on any atom is -0.497 e. The average Bonchev–Trinajstić information content (AvgIpc) is 2.90. The highest BCUT2D eigenvalue weighted by atomic mass is 16.5. The summed E-state index contributed by atoms with van der Waals surface area (Å²) in [7, 11) is 1.69. The van der Waals surface area contributed by atoms with Crippen LogP contribution in [0.4, 0.5) is 0 Å².